The molecule has 1 aromatic carbocycles. The first kappa shape index (κ1) is 15.3. The topological polar surface area (TPSA) is 36.1 Å². The average Bonchev–Trinajstić information content (AvgIpc) is 2.48. The smallest absolute Gasteiger partial charge is 0.194 e. The summed E-state index contributed by atoms with van der Waals surface area (Å²) in [6.45, 7) is 11.5. The number of likely N-dealkylation sites (tertiary alicyclic amines) is 1. The van der Waals surface area contributed by atoms with Crippen molar-refractivity contribution in [2.45, 2.75) is 47.1 Å². The molecule has 22 heavy (non-hydrogen) atoms. The second-order valence-electron chi connectivity index (χ2n) is 6.97. The van der Waals surface area contributed by atoms with E-state index in [1.807, 2.05) is 13.0 Å². The quantitative estimate of drug-likeness (QED) is 0.918. The van der Waals surface area contributed by atoms with Crippen molar-refractivity contribution in [2.24, 2.45) is 5.92 Å². The van der Waals surface area contributed by atoms with Crippen molar-refractivity contribution in [3.05, 3.63) is 44.7 Å². The van der Waals surface area contributed by atoms with E-state index >= 15 is 0 Å². The molecule has 2 aromatic rings. The number of pyridine rings is 1. The fourth-order valence-electron chi connectivity index (χ4n) is 3.61. The number of nitrogens with zero attached hydrogens (tertiary/aromatic N) is 1. The first-order valence-electron chi connectivity index (χ1n) is 8.31. The molecule has 3 nitrogen and oxygen atoms in total. The number of piperidine rings is 1. The Kier molecular flexibility index (Phi) is 4.09. The minimum Gasteiger partial charge on any atom is -0.358 e. The van der Waals surface area contributed by atoms with Crippen molar-refractivity contribution in [1.82, 2.24) is 9.88 Å². The van der Waals surface area contributed by atoms with Crippen LogP contribution in [0.25, 0.3) is 10.9 Å². The van der Waals surface area contributed by atoms with E-state index in [0.717, 1.165) is 47.7 Å². The molecular formula is C19H26N2O. The molecule has 1 N–H and O–H groups in total. The normalized spacial score (nSPS) is 19.7. The van der Waals surface area contributed by atoms with E-state index in [1.165, 1.54) is 24.0 Å². The minimum absolute atomic E-state index is 0.201. The predicted molar refractivity (Wildman–Crippen MR) is 92.5 cm³/mol. The summed E-state index contributed by atoms with van der Waals surface area (Å²) in [7, 11) is 0. The highest BCUT2D eigenvalue weighted by Gasteiger charge is 2.19. The summed E-state index contributed by atoms with van der Waals surface area (Å²) in [5.74, 6) is 0.735. The van der Waals surface area contributed by atoms with Crippen LogP contribution >= 0.6 is 0 Å². The van der Waals surface area contributed by atoms with Crippen LogP contribution in [0.3, 0.4) is 0 Å². The summed E-state index contributed by atoms with van der Waals surface area (Å²) < 4.78 is 0. The zero-order valence-corrected chi connectivity index (χ0v) is 14.1. The molecule has 1 aliphatic rings. The number of fused-ring (bicyclic) bond motifs is 1. The monoisotopic (exact) mass is 298 g/mol. The number of rotatable bonds is 2. The highest BCUT2D eigenvalue weighted by atomic mass is 16.1. The zero-order valence-electron chi connectivity index (χ0n) is 14.1. The summed E-state index contributed by atoms with van der Waals surface area (Å²) >= 11 is 0. The molecule has 1 saturated heterocycles. The Balaban J connectivity index is 2.03. The molecule has 0 amide bonds. The molecule has 1 aromatic heterocycles. The van der Waals surface area contributed by atoms with Crippen molar-refractivity contribution in [2.75, 3.05) is 13.1 Å². The number of benzene rings is 1. The first-order chi connectivity index (χ1) is 10.5. The van der Waals surface area contributed by atoms with Gasteiger partial charge in [-0.2, -0.15) is 0 Å². The maximum absolute atomic E-state index is 12.9. The average molecular weight is 298 g/mol. The molecular weight excluding hydrogens is 272 g/mol. The maximum Gasteiger partial charge on any atom is 0.194 e. The van der Waals surface area contributed by atoms with Crippen molar-refractivity contribution in [1.29, 1.82) is 0 Å². The van der Waals surface area contributed by atoms with Gasteiger partial charge in [-0.3, -0.25) is 9.69 Å². The van der Waals surface area contributed by atoms with E-state index in [4.69, 9.17) is 0 Å². The Hall–Kier alpha value is -1.61. The lowest BCUT2D eigenvalue weighted by Crippen LogP contribution is -2.35. The van der Waals surface area contributed by atoms with Gasteiger partial charge in [-0.1, -0.05) is 13.0 Å². The van der Waals surface area contributed by atoms with E-state index in [0.29, 0.717) is 0 Å². The number of hydrogen-bond donors (Lipinski definition) is 1. The molecule has 1 fully saturated rings. The molecule has 3 rings (SSSR count). The summed E-state index contributed by atoms with van der Waals surface area (Å²) in [5, 5.41) is 0.828. The van der Waals surface area contributed by atoms with Crippen LogP contribution in [0.15, 0.2) is 16.9 Å². The lowest BCUT2D eigenvalue weighted by molar-refractivity contribution is 0.176. The van der Waals surface area contributed by atoms with Gasteiger partial charge in [-0.25, -0.2) is 0 Å². The van der Waals surface area contributed by atoms with Gasteiger partial charge >= 0.3 is 0 Å². The number of aryl methyl sites for hydroxylation is 3. The van der Waals surface area contributed by atoms with E-state index in [9.17, 15) is 4.79 Å². The third-order valence-electron chi connectivity index (χ3n) is 5.14. The maximum atomic E-state index is 12.9. The molecule has 118 valence electrons. The highest BCUT2D eigenvalue weighted by Crippen LogP contribution is 2.21. The first-order valence-corrected chi connectivity index (χ1v) is 8.31. The highest BCUT2D eigenvalue weighted by molar-refractivity contribution is 5.83. The van der Waals surface area contributed by atoms with Crippen LogP contribution in [0.5, 0.6) is 0 Å². The Morgan fingerprint density at radius 1 is 1.27 bits per heavy atom. The van der Waals surface area contributed by atoms with Gasteiger partial charge in [-0.05, 0) is 63.3 Å². The minimum atomic E-state index is 0.201. The number of hydrogen-bond acceptors (Lipinski definition) is 2. The van der Waals surface area contributed by atoms with Gasteiger partial charge in [0.2, 0.25) is 0 Å². The predicted octanol–water partition coefficient (Wildman–Crippen LogP) is 3.69. The largest absolute Gasteiger partial charge is 0.358 e. The van der Waals surface area contributed by atoms with Crippen LogP contribution < -0.4 is 5.43 Å². The molecule has 0 saturated carbocycles. The van der Waals surface area contributed by atoms with Crippen molar-refractivity contribution in [3.8, 4) is 0 Å². The van der Waals surface area contributed by atoms with Gasteiger partial charge in [-0.15, -0.1) is 0 Å². The van der Waals surface area contributed by atoms with Crippen molar-refractivity contribution < 1.29 is 0 Å². The summed E-state index contributed by atoms with van der Waals surface area (Å²) in [6, 6.07) is 4.02. The second kappa shape index (κ2) is 5.88. The third kappa shape index (κ3) is 2.70. The number of aromatic amines is 1. The zero-order chi connectivity index (χ0) is 15.9. The Morgan fingerprint density at radius 2 is 2.05 bits per heavy atom. The molecule has 1 atom stereocenters. The van der Waals surface area contributed by atoms with Gasteiger partial charge < -0.3 is 4.98 Å². The molecule has 2 heterocycles. The fourth-order valence-corrected chi connectivity index (χ4v) is 3.61. The molecule has 1 aliphatic heterocycles. The lowest BCUT2D eigenvalue weighted by atomic mass is 9.98. The van der Waals surface area contributed by atoms with Crippen LogP contribution in [0.2, 0.25) is 0 Å². The molecule has 0 spiro atoms. The van der Waals surface area contributed by atoms with Crippen LogP contribution in [0.4, 0.5) is 0 Å². The van der Waals surface area contributed by atoms with Gasteiger partial charge in [0.1, 0.15) is 0 Å². The molecule has 0 radical (unpaired) electrons. The fraction of sp³-hybridized carbons (Fsp3) is 0.526. The Morgan fingerprint density at radius 3 is 2.77 bits per heavy atom. The van der Waals surface area contributed by atoms with Crippen LogP contribution in [-0.2, 0) is 6.54 Å². The second-order valence-corrected chi connectivity index (χ2v) is 6.97. The van der Waals surface area contributed by atoms with Gasteiger partial charge in [0, 0.05) is 29.7 Å². The molecule has 0 bridgehead atoms. The third-order valence-corrected chi connectivity index (χ3v) is 5.14. The summed E-state index contributed by atoms with van der Waals surface area (Å²) in [5.41, 5.74) is 5.55. The SMILES string of the molecule is Cc1ccc2c(=O)c(CN3CCCC(C)C3)c(C)[nH]c2c1C. The van der Waals surface area contributed by atoms with E-state index < -0.39 is 0 Å². The van der Waals surface area contributed by atoms with Gasteiger partial charge in [0.15, 0.2) is 5.43 Å². The number of H-pyrrole nitrogens is 1. The van der Waals surface area contributed by atoms with Gasteiger partial charge in [0.25, 0.3) is 0 Å². The number of nitrogens with one attached hydrogen (secondary N) is 1. The number of aromatic nitrogens is 1. The molecule has 0 aliphatic carbocycles. The lowest BCUT2D eigenvalue weighted by Gasteiger charge is -2.31. The van der Waals surface area contributed by atoms with Crippen molar-refractivity contribution in [3.63, 3.8) is 0 Å². The van der Waals surface area contributed by atoms with Crippen LogP contribution in [-0.4, -0.2) is 23.0 Å². The van der Waals surface area contributed by atoms with Crippen LogP contribution in [0, 0.1) is 26.7 Å². The Bertz CT molecular complexity index is 760. The van der Waals surface area contributed by atoms with E-state index in [-0.39, 0.29) is 5.43 Å². The van der Waals surface area contributed by atoms with Crippen LogP contribution in [0.1, 0.15) is 42.1 Å². The molecule has 1 unspecified atom stereocenters. The summed E-state index contributed by atoms with van der Waals surface area (Å²) in [4.78, 5) is 18.8. The van der Waals surface area contributed by atoms with E-state index in [2.05, 4.69) is 36.7 Å². The summed E-state index contributed by atoms with van der Waals surface area (Å²) in [6.07, 6.45) is 2.55. The van der Waals surface area contributed by atoms with Gasteiger partial charge in [0.05, 0.1) is 5.52 Å². The van der Waals surface area contributed by atoms with E-state index in [1.54, 1.807) is 0 Å². The Labute approximate surface area is 132 Å². The standard InChI is InChI=1S/C19H26N2O/c1-12-6-5-9-21(10-12)11-17-15(4)20-18-14(3)13(2)7-8-16(18)19(17)22/h7-8,12H,5-6,9-11H2,1-4H3,(H,20,22). The molecule has 3 heteroatoms. The van der Waals surface area contributed by atoms with Crippen molar-refractivity contribution >= 4 is 10.9 Å².